The second kappa shape index (κ2) is 13.6. The van der Waals surface area contributed by atoms with Gasteiger partial charge in [-0.2, -0.15) is 0 Å². The van der Waals surface area contributed by atoms with Gasteiger partial charge in [0.1, 0.15) is 12.6 Å². The largest absolute Gasteiger partial charge is 0.354 e. The lowest BCUT2D eigenvalue weighted by molar-refractivity contribution is -0.140. The van der Waals surface area contributed by atoms with Gasteiger partial charge in [-0.1, -0.05) is 86.5 Å². The molecule has 0 heterocycles. The van der Waals surface area contributed by atoms with Crippen molar-refractivity contribution in [3.63, 3.8) is 0 Å². The highest BCUT2D eigenvalue weighted by atomic mass is 32.2. The van der Waals surface area contributed by atoms with Crippen molar-refractivity contribution >= 4 is 27.5 Å². The van der Waals surface area contributed by atoms with Gasteiger partial charge in [-0.05, 0) is 62.4 Å². The average Bonchev–Trinajstić information content (AvgIpc) is 2.91. The standard InChI is InChI=1S/C32H41N3O4S/c1-7-29(32(37)33-20-23(2)3)34(21-27-11-9-8-10-12-27)31(36)22-35(30-18-15-25(5)19-26(30)6)40(38,39)28-16-13-24(4)14-17-28/h8-19,23,29H,7,20-22H2,1-6H3,(H,33,37)/t29-/m0/s1. The van der Waals surface area contributed by atoms with Crippen molar-refractivity contribution in [2.75, 3.05) is 17.4 Å². The molecule has 0 saturated carbocycles. The van der Waals surface area contributed by atoms with Gasteiger partial charge in [0.05, 0.1) is 10.6 Å². The Labute approximate surface area is 239 Å². The third kappa shape index (κ3) is 7.72. The van der Waals surface area contributed by atoms with Crippen LogP contribution in [0.15, 0.2) is 77.7 Å². The summed E-state index contributed by atoms with van der Waals surface area (Å²) in [6, 6.07) is 20.7. The Morgan fingerprint density at radius 3 is 2.08 bits per heavy atom. The number of nitrogens with one attached hydrogen (secondary N) is 1. The topological polar surface area (TPSA) is 86.8 Å². The van der Waals surface area contributed by atoms with Crippen LogP contribution in [0.3, 0.4) is 0 Å². The van der Waals surface area contributed by atoms with Gasteiger partial charge in [0.15, 0.2) is 0 Å². The van der Waals surface area contributed by atoms with Crippen molar-refractivity contribution in [2.45, 2.75) is 65.4 Å². The van der Waals surface area contributed by atoms with Crippen molar-refractivity contribution in [3.8, 4) is 0 Å². The normalized spacial score (nSPS) is 12.2. The van der Waals surface area contributed by atoms with Crippen molar-refractivity contribution in [1.29, 1.82) is 0 Å². The molecular weight excluding hydrogens is 522 g/mol. The van der Waals surface area contributed by atoms with Gasteiger partial charge in [-0.15, -0.1) is 0 Å². The summed E-state index contributed by atoms with van der Waals surface area (Å²) in [6.45, 7) is 11.7. The van der Waals surface area contributed by atoms with Crippen LogP contribution in [0.5, 0.6) is 0 Å². The van der Waals surface area contributed by atoms with Crippen molar-refractivity contribution in [1.82, 2.24) is 10.2 Å². The molecule has 1 atom stereocenters. The van der Waals surface area contributed by atoms with E-state index in [-0.39, 0.29) is 23.3 Å². The van der Waals surface area contributed by atoms with E-state index in [0.717, 1.165) is 22.3 Å². The quantitative estimate of drug-likeness (QED) is 0.320. The maximum Gasteiger partial charge on any atom is 0.264 e. The minimum Gasteiger partial charge on any atom is -0.354 e. The van der Waals surface area contributed by atoms with Gasteiger partial charge >= 0.3 is 0 Å². The zero-order valence-corrected chi connectivity index (χ0v) is 25.2. The van der Waals surface area contributed by atoms with Gasteiger partial charge in [0.2, 0.25) is 11.8 Å². The molecule has 0 fully saturated rings. The molecule has 2 amide bonds. The van der Waals surface area contributed by atoms with E-state index in [2.05, 4.69) is 5.32 Å². The molecule has 1 N–H and O–H groups in total. The van der Waals surface area contributed by atoms with Crippen LogP contribution in [-0.2, 0) is 26.2 Å². The number of carbonyl (C=O) groups excluding carboxylic acids is 2. The average molecular weight is 564 g/mol. The number of aryl methyl sites for hydroxylation is 3. The van der Waals surface area contributed by atoms with E-state index in [1.807, 2.05) is 84.0 Å². The van der Waals surface area contributed by atoms with Crippen LogP contribution in [0.4, 0.5) is 5.69 Å². The number of rotatable bonds is 12. The molecule has 0 spiro atoms. The van der Waals surface area contributed by atoms with Crippen LogP contribution in [0.2, 0.25) is 0 Å². The number of hydrogen-bond acceptors (Lipinski definition) is 4. The molecule has 0 aromatic heterocycles. The Balaban J connectivity index is 2.06. The van der Waals surface area contributed by atoms with E-state index in [0.29, 0.717) is 18.7 Å². The Morgan fingerprint density at radius 1 is 0.875 bits per heavy atom. The molecule has 0 bridgehead atoms. The SMILES string of the molecule is CC[C@@H](C(=O)NCC(C)C)N(Cc1ccccc1)C(=O)CN(c1ccc(C)cc1C)S(=O)(=O)c1ccc(C)cc1. The molecule has 0 aliphatic rings. The van der Waals surface area contributed by atoms with E-state index in [9.17, 15) is 18.0 Å². The van der Waals surface area contributed by atoms with Crippen LogP contribution in [0.25, 0.3) is 0 Å². The molecule has 40 heavy (non-hydrogen) atoms. The fourth-order valence-corrected chi connectivity index (χ4v) is 6.04. The molecule has 214 valence electrons. The van der Waals surface area contributed by atoms with Gasteiger partial charge < -0.3 is 10.2 Å². The van der Waals surface area contributed by atoms with Crippen LogP contribution >= 0.6 is 0 Å². The van der Waals surface area contributed by atoms with Crippen molar-refractivity contribution < 1.29 is 18.0 Å². The fourth-order valence-electron chi connectivity index (χ4n) is 4.56. The second-order valence-corrected chi connectivity index (χ2v) is 12.5. The molecule has 3 aromatic carbocycles. The van der Waals surface area contributed by atoms with E-state index < -0.39 is 28.5 Å². The highest BCUT2D eigenvalue weighted by molar-refractivity contribution is 7.92. The number of sulfonamides is 1. The summed E-state index contributed by atoms with van der Waals surface area (Å²) in [4.78, 5) is 29.0. The summed E-state index contributed by atoms with van der Waals surface area (Å²) in [7, 11) is -4.10. The maximum absolute atomic E-state index is 14.1. The lowest BCUT2D eigenvalue weighted by Gasteiger charge is -2.33. The number of carbonyl (C=O) groups is 2. The number of benzene rings is 3. The van der Waals surface area contributed by atoms with E-state index in [1.54, 1.807) is 30.3 Å². The zero-order chi connectivity index (χ0) is 29.4. The Morgan fingerprint density at radius 2 is 1.50 bits per heavy atom. The molecule has 0 aliphatic carbocycles. The molecule has 0 saturated heterocycles. The van der Waals surface area contributed by atoms with Crippen LogP contribution < -0.4 is 9.62 Å². The summed E-state index contributed by atoms with van der Waals surface area (Å²) < 4.78 is 29.2. The highest BCUT2D eigenvalue weighted by Crippen LogP contribution is 2.28. The lowest BCUT2D eigenvalue weighted by Crippen LogP contribution is -2.52. The first-order valence-corrected chi connectivity index (χ1v) is 15.2. The summed E-state index contributed by atoms with van der Waals surface area (Å²) in [5, 5.41) is 2.95. The van der Waals surface area contributed by atoms with E-state index >= 15 is 0 Å². The highest BCUT2D eigenvalue weighted by Gasteiger charge is 2.34. The Hall–Kier alpha value is -3.65. The second-order valence-electron chi connectivity index (χ2n) is 10.7. The van der Waals surface area contributed by atoms with E-state index in [4.69, 9.17) is 0 Å². The Bertz CT molecular complexity index is 1400. The fraction of sp³-hybridized carbons (Fsp3) is 0.375. The minimum absolute atomic E-state index is 0.0993. The first-order valence-electron chi connectivity index (χ1n) is 13.7. The van der Waals surface area contributed by atoms with Crippen molar-refractivity contribution in [3.05, 3.63) is 95.1 Å². The molecule has 8 heteroatoms. The summed E-state index contributed by atoms with van der Waals surface area (Å²) in [6.07, 6.45) is 0.386. The number of hydrogen-bond donors (Lipinski definition) is 1. The molecule has 0 unspecified atom stereocenters. The first-order chi connectivity index (χ1) is 18.9. The number of nitrogens with zero attached hydrogens (tertiary/aromatic N) is 2. The van der Waals surface area contributed by atoms with Crippen LogP contribution in [0, 0.1) is 26.7 Å². The molecular formula is C32H41N3O4S. The lowest BCUT2D eigenvalue weighted by atomic mass is 10.1. The smallest absolute Gasteiger partial charge is 0.264 e. The number of amides is 2. The monoisotopic (exact) mass is 563 g/mol. The molecule has 7 nitrogen and oxygen atoms in total. The third-order valence-corrected chi connectivity index (χ3v) is 8.55. The van der Waals surface area contributed by atoms with Crippen LogP contribution in [0.1, 0.15) is 49.4 Å². The van der Waals surface area contributed by atoms with Crippen molar-refractivity contribution in [2.24, 2.45) is 5.92 Å². The van der Waals surface area contributed by atoms with Gasteiger partial charge in [0, 0.05) is 13.1 Å². The predicted octanol–water partition coefficient (Wildman–Crippen LogP) is 5.39. The molecule has 3 rings (SSSR count). The van der Waals surface area contributed by atoms with Crippen LogP contribution in [-0.4, -0.2) is 44.3 Å². The summed E-state index contributed by atoms with van der Waals surface area (Å²) in [5.41, 5.74) is 3.93. The predicted molar refractivity (Wildman–Crippen MR) is 161 cm³/mol. The first kappa shape index (κ1) is 30.9. The Kier molecular flexibility index (Phi) is 10.5. The van der Waals surface area contributed by atoms with Gasteiger partial charge in [-0.25, -0.2) is 8.42 Å². The van der Waals surface area contributed by atoms with Gasteiger partial charge in [0.25, 0.3) is 10.0 Å². The molecule has 3 aromatic rings. The zero-order valence-electron chi connectivity index (χ0n) is 24.3. The van der Waals surface area contributed by atoms with Gasteiger partial charge in [-0.3, -0.25) is 13.9 Å². The summed E-state index contributed by atoms with van der Waals surface area (Å²) >= 11 is 0. The number of anilines is 1. The minimum atomic E-state index is -4.10. The summed E-state index contributed by atoms with van der Waals surface area (Å²) in [5.74, 6) is -0.453. The molecule has 0 radical (unpaired) electrons. The molecule has 0 aliphatic heterocycles. The maximum atomic E-state index is 14.1. The third-order valence-electron chi connectivity index (χ3n) is 6.78. The van der Waals surface area contributed by atoms with E-state index in [1.165, 1.54) is 9.21 Å².